The van der Waals surface area contributed by atoms with Crippen molar-refractivity contribution in [2.24, 2.45) is 0 Å². The molecule has 1 aromatic carbocycles. The van der Waals surface area contributed by atoms with E-state index in [0.29, 0.717) is 4.47 Å². The van der Waals surface area contributed by atoms with Gasteiger partial charge in [-0.1, -0.05) is 22.0 Å². The van der Waals surface area contributed by atoms with Crippen molar-refractivity contribution in [1.82, 2.24) is 4.90 Å². The molecule has 0 heterocycles. The molecule has 0 fully saturated rings. The second kappa shape index (κ2) is 9.82. The van der Waals surface area contributed by atoms with Crippen LogP contribution < -0.4 is 0 Å². The molecule has 0 spiro atoms. The standard InChI is InChI=1S/C11H13BrFNO4.C4H10O/c12-7-1-2-8(9(13)5-7)10(16)6-14(3-4-15)11(17)18;1-4(2,3)5/h1-2,5,10,15-16H,3-4,6H2,(H,17,18);5H,1-3H3. The van der Waals surface area contributed by atoms with Crippen LogP contribution in [0.1, 0.15) is 32.4 Å². The summed E-state index contributed by atoms with van der Waals surface area (Å²) in [6.45, 7) is 4.44. The third kappa shape index (κ3) is 10.2. The van der Waals surface area contributed by atoms with Gasteiger partial charge in [-0.2, -0.15) is 0 Å². The van der Waals surface area contributed by atoms with Gasteiger partial charge in [0.25, 0.3) is 0 Å². The summed E-state index contributed by atoms with van der Waals surface area (Å²) in [5, 5.41) is 35.8. The molecular weight excluding hydrogens is 373 g/mol. The number of aliphatic hydroxyl groups is 3. The highest BCUT2D eigenvalue weighted by atomic mass is 79.9. The summed E-state index contributed by atoms with van der Waals surface area (Å²) in [5.74, 6) is -0.619. The average Bonchev–Trinajstić information content (AvgIpc) is 2.35. The van der Waals surface area contributed by atoms with Crippen molar-refractivity contribution in [3.8, 4) is 0 Å². The van der Waals surface area contributed by atoms with Gasteiger partial charge in [-0.05, 0) is 32.9 Å². The van der Waals surface area contributed by atoms with E-state index in [-0.39, 0.29) is 25.3 Å². The van der Waals surface area contributed by atoms with Crippen LogP contribution in [0.3, 0.4) is 0 Å². The van der Waals surface area contributed by atoms with Gasteiger partial charge in [0.1, 0.15) is 5.82 Å². The van der Waals surface area contributed by atoms with Crippen molar-refractivity contribution in [2.75, 3.05) is 19.7 Å². The van der Waals surface area contributed by atoms with Gasteiger partial charge in [-0.3, -0.25) is 0 Å². The zero-order valence-corrected chi connectivity index (χ0v) is 14.9. The minimum atomic E-state index is -1.28. The lowest BCUT2D eigenvalue weighted by molar-refractivity contribution is 0.0856. The number of hydrogen-bond donors (Lipinski definition) is 4. The smallest absolute Gasteiger partial charge is 0.407 e. The van der Waals surface area contributed by atoms with Gasteiger partial charge < -0.3 is 25.3 Å². The first-order valence-corrected chi connectivity index (χ1v) is 7.69. The lowest BCUT2D eigenvalue weighted by Gasteiger charge is -2.22. The molecule has 23 heavy (non-hydrogen) atoms. The van der Waals surface area contributed by atoms with Gasteiger partial charge in [0, 0.05) is 16.6 Å². The topological polar surface area (TPSA) is 101 Å². The van der Waals surface area contributed by atoms with E-state index in [9.17, 15) is 14.3 Å². The molecule has 8 heteroatoms. The molecule has 1 rings (SSSR count). The molecule has 0 saturated carbocycles. The van der Waals surface area contributed by atoms with Crippen molar-refractivity contribution in [3.63, 3.8) is 0 Å². The van der Waals surface area contributed by atoms with Crippen LogP contribution >= 0.6 is 15.9 Å². The van der Waals surface area contributed by atoms with E-state index in [1.54, 1.807) is 26.8 Å². The normalized spacial score (nSPS) is 12.2. The van der Waals surface area contributed by atoms with Crippen molar-refractivity contribution in [2.45, 2.75) is 32.5 Å². The third-order valence-corrected chi connectivity index (χ3v) is 2.85. The first-order chi connectivity index (χ1) is 10.5. The first kappa shape index (κ1) is 21.8. The summed E-state index contributed by atoms with van der Waals surface area (Å²) in [7, 11) is 0. The summed E-state index contributed by atoms with van der Waals surface area (Å²) < 4.78 is 14.1. The molecule has 0 aromatic heterocycles. The molecule has 6 nitrogen and oxygen atoms in total. The number of nitrogens with zero attached hydrogens (tertiary/aromatic N) is 1. The van der Waals surface area contributed by atoms with Crippen LogP contribution in [0.25, 0.3) is 0 Å². The van der Waals surface area contributed by atoms with Crippen LogP contribution in [0.4, 0.5) is 9.18 Å². The largest absolute Gasteiger partial charge is 0.465 e. The predicted octanol–water partition coefficient (Wildman–Crippen LogP) is 2.37. The van der Waals surface area contributed by atoms with Gasteiger partial charge in [-0.25, -0.2) is 9.18 Å². The molecule has 1 unspecified atom stereocenters. The Labute approximate surface area is 143 Å². The van der Waals surface area contributed by atoms with E-state index in [1.165, 1.54) is 12.1 Å². The number of halogens is 2. The van der Waals surface area contributed by atoms with Crippen molar-refractivity contribution >= 4 is 22.0 Å². The minimum Gasteiger partial charge on any atom is -0.465 e. The fraction of sp³-hybridized carbons (Fsp3) is 0.533. The number of benzene rings is 1. The fourth-order valence-corrected chi connectivity index (χ4v) is 1.80. The Morgan fingerprint density at radius 1 is 1.39 bits per heavy atom. The zero-order chi connectivity index (χ0) is 18.2. The second-order valence-electron chi connectivity index (χ2n) is 5.80. The van der Waals surface area contributed by atoms with E-state index in [2.05, 4.69) is 15.9 Å². The van der Waals surface area contributed by atoms with Gasteiger partial charge >= 0.3 is 6.09 Å². The average molecular weight is 396 g/mol. The summed E-state index contributed by atoms with van der Waals surface area (Å²) in [5.41, 5.74) is -0.484. The molecule has 0 aliphatic heterocycles. The van der Waals surface area contributed by atoms with E-state index in [1.807, 2.05) is 0 Å². The third-order valence-electron chi connectivity index (χ3n) is 2.36. The van der Waals surface area contributed by atoms with Gasteiger partial charge in [-0.15, -0.1) is 0 Å². The quantitative estimate of drug-likeness (QED) is 0.612. The zero-order valence-electron chi connectivity index (χ0n) is 13.3. The van der Waals surface area contributed by atoms with Crippen molar-refractivity contribution in [3.05, 3.63) is 34.1 Å². The van der Waals surface area contributed by atoms with E-state index in [0.717, 1.165) is 4.90 Å². The Balaban J connectivity index is 0.000000841. The van der Waals surface area contributed by atoms with Crippen LogP contribution in [0, 0.1) is 5.82 Å². The number of rotatable bonds is 5. The highest BCUT2D eigenvalue weighted by molar-refractivity contribution is 9.10. The summed E-state index contributed by atoms with van der Waals surface area (Å²) in [4.78, 5) is 11.6. The van der Waals surface area contributed by atoms with Crippen molar-refractivity contribution < 1.29 is 29.6 Å². The highest BCUT2D eigenvalue weighted by Crippen LogP contribution is 2.21. The van der Waals surface area contributed by atoms with Gasteiger partial charge in [0.2, 0.25) is 0 Å². The van der Waals surface area contributed by atoms with E-state index < -0.39 is 23.6 Å². The lowest BCUT2D eigenvalue weighted by Crippen LogP contribution is -2.35. The molecule has 132 valence electrons. The maximum absolute atomic E-state index is 13.5. The fourth-order valence-electron chi connectivity index (χ4n) is 1.46. The molecule has 0 aliphatic rings. The molecule has 0 bridgehead atoms. The molecule has 1 aromatic rings. The number of amides is 1. The Morgan fingerprint density at radius 2 is 1.91 bits per heavy atom. The van der Waals surface area contributed by atoms with E-state index >= 15 is 0 Å². The van der Waals surface area contributed by atoms with Crippen LogP contribution in [0.15, 0.2) is 22.7 Å². The van der Waals surface area contributed by atoms with Crippen molar-refractivity contribution in [1.29, 1.82) is 0 Å². The Bertz CT molecular complexity index is 501. The Hall–Kier alpha value is -1.22. The first-order valence-electron chi connectivity index (χ1n) is 6.89. The van der Waals surface area contributed by atoms with Gasteiger partial charge in [0.15, 0.2) is 0 Å². The Kier molecular flexibility index (Phi) is 9.29. The highest BCUT2D eigenvalue weighted by Gasteiger charge is 2.19. The summed E-state index contributed by atoms with van der Waals surface area (Å²) in [6, 6.07) is 4.12. The molecule has 0 aliphatic carbocycles. The number of carbonyl (C=O) groups is 1. The van der Waals surface area contributed by atoms with Gasteiger partial charge in [0.05, 0.1) is 24.9 Å². The maximum Gasteiger partial charge on any atom is 0.407 e. The number of hydrogen-bond acceptors (Lipinski definition) is 4. The monoisotopic (exact) mass is 395 g/mol. The second-order valence-corrected chi connectivity index (χ2v) is 6.72. The van der Waals surface area contributed by atoms with E-state index in [4.69, 9.17) is 15.3 Å². The SMILES string of the molecule is CC(C)(C)O.O=C(O)N(CCO)CC(O)c1ccc(Br)cc1F. The molecule has 1 atom stereocenters. The molecule has 0 saturated heterocycles. The van der Waals surface area contributed by atoms with Crippen LogP contribution in [-0.2, 0) is 0 Å². The molecule has 4 N–H and O–H groups in total. The van der Waals surface area contributed by atoms with Crippen LogP contribution in [-0.4, -0.2) is 56.7 Å². The summed E-state index contributed by atoms with van der Waals surface area (Å²) >= 11 is 3.09. The predicted molar refractivity (Wildman–Crippen MR) is 87.7 cm³/mol. The maximum atomic E-state index is 13.5. The number of carboxylic acid groups (broad SMARTS) is 1. The molecule has 1 amide bonds. The van der Waals surface area contributed by atoms with Crippen LogP contribution in [0.2, 0.25) is 0 Å². The minimum absolute atomic E-state index is 0.0161. The number of aliphatic hydroxyl groups excluding tert-OH is 2. The Morgan fingerprint density at radius 3 is 2.30 bits per heavy atom. The summed E-state index contributed by atoms with van der Waals surface area (Å²) in [6.07, 6.45) is -2.55. The molecular formula is C15H23BrFNO5. The lowest BCUT2D eigenvalue weighted by atomic mass is 10.1. The molecule has 0 radical (unpaired) electrons. The van der Waals surface area contributed by atoms with Crippen LogP contribution in [0.5, 0.6) is 0 Å².